The van der Waals surface area contributed by atoms with Gasteiger partial charge in [-0.3, -0.25) is 14.5 Å². The topological polar surface area (TPSA) is 110 Å². The van der Waals surface area contributed by atoms with Crippen LogP contribution >= 0.6 is 0 Å². The van der Waals surface area contributed by atoms with Crippen LogP contribution in [0.2, 0.25) is 0 Å². The van der Waals surface area contributed by atoms with E-state index < -0.39 is 24.0 Å². The van der Waals surface area contributed by atoms with E-state index in [1.54, 1.807) is 0 Å². The highest BCUT2D eigenvalue weighted by Crippen LogP contribution is 2.44. The number of hydrogen-bond donors (Lipinski definition) is 2. The molecule has 7 heteroatoms. The molecule has 1 aliphatic carbocycles. The van der Waals surface area contributed by atoms with Crippen molar-refractivity contribution >= 4 is 18.0 Å². The summed E-state index contributed by atoms with van der Waals surface area (Å²) >= 11 is 0. The smallest absolute Gasteiger partial charge is 0.410 e. The summed E-state index contributed by atoms with van der Waals surface area (Å²) in [6.45, 7) is 0.325. The van der Waals surface area contributed by atoms with Gasteiger partial charge in [0.05, 0.1) is 0 Å². The predicted molar refractivity (Wildman–Crippen MR) is 136 cm³/mol. The van der Waals surface area contributed by atoms with Crippen LogP contribution in [0.4, 0.5) is 4.79 Å². The summed E-state index contributed by atoms with van der Waals surface area (Å²) in [5.41, 5.74) is 11.1. The van der Waals surface area contributed by atoms with Crippen molar-refractivity contribution < 1.29 is 24.2 Å². The summed E-state index contributed by atoms with van der Waals surface area (Å²) < 4.78 is 5.77. The lowest BCUT2D eigenvalue weighted by Gasteiger charge is -2.29. The first-order valence-electron chi connectivity index (χ1n) is 12.1. The van der Waals surface area contributed by atoms with Gasteiger partial charge in [-0.05, 0) is 47.1 Å². The monoisotopic (exact) mass is 486 g/mol. The largest absolute Gasteiger partial charge is 0.481 e. The summed E-state index contributed by atoms with van der Waals surface area (Å²) in [5, 5.41) is 9.14. The Kier molecular flexibility index (Phi) is 8.00. The first-order valence-corrected chi connectivity index (χ1v) is 12.1. The molecule has 7 nitrogen and oxygen atoms in total. The maximum atomic E-state index is 13.3. The second-order valence-corrected chi connectivity index (χ2v) is 8.94. The average Bonchev–Trinajstić information content (AvgIpc) is 3.20. The van der Waals surface area contributed by atoms with Crippen molar-refractivity contribution in [1.29, 1.82) is 0 Å². The molecule has 0 saturated heterocycles. The zero-order valence-electron chi connectivity index (χ0n) is 20.0. The van der Waals surface area contributed by atoms with E-state index in [-0.39, 0.29) is 31.9 Å². The molecule has 186 valence electrons. The highest BCUT2D eigenvalue weighted by atomic mass is 16.6. The van der Waals surface area contributed by atoms with E-state index in [1.165, 1.54) is 4.90 Å². The zero-order valence-corrected chi connectivity index (χ0v) is 20.0. The number of aliphatic carboxylic acids is 1. The van der Waals surface area contributed by atoms with Crippen molar-refractivity contribution in [3.8, 4) is 11.1 Å². The van der Waals surface area contributed by atoms with Crippen LogP contribution in [0.1, 0.15) is 41.9 Å². The van der Waals surface area contributed by atoms with Crippen LogP contribution in [0, 0.1) is 0 Å². The number of nitrogens with zero attached hydrogens (tertiary/aromatic N) is 1. The number of carboxylic acid groups (broad SMARTS) is 1. The van der Waals surface area contributed by atoms with Gasteiger partial charge >= 0.3 is 12.1 Å². The van der Waals surface area contributed by atoms with Crippen molar-refractivity contribution in [2.75, 3.05) is 13.2 Å². The summed E-state index contributed by atoms with van der Waals surface area (Å²) in [5.74, 6) is -1.93. The number of benzene rings is 3. The number of rotatable bonds is 11. The molecule has 3 aromatic rings. The third kappa shape index (κ3) is 5.74. The first kappa shape index (κ1) is 25.0. The van der Waals surface area contributed by atoms with Gasteiger partial charge in [-0.15, -0.1) is 0 Å². The summed E-state index contributed by atoms with van der Waals surface area (Å²) in [6.07, 6.45) is 0.252. The van der Waals surface area contributed by atoms with E-state index in [9.17, 15) is 14.4 Å². The van der Waals surface area contributed by atoms with E-state index in [2.05, 4.69) is 12.1 Å². The molecule has 0 spiro atoms. The number of hydrogen-bond acceptors (Lipinski definition) is 4. The molecule has 0 aliphatic heterocycles. The van der Waals surface area contributed by atoms with Crippen molar-refractivity contribution in [2.45, 2.75) is 37.6 Å². The lowest BCUT2D eigenvalue weighted by atomic mass is 9.98. The van der Waals surface area contributed by atoms with Gasteiger partial charge < -0.3 is 15.6 Å². The van der Waals surface area contributed by atoms with Crippen LogP contribution in [0.5, 0.6) is 0 Å². The number of nitrogens with two attached hydrogens (primary N) is 1. The maximum Gasteiger partial charge on any atom is 0.410 e. The molecular formula is C29H30N2O5. The SMILES string of the molecule is NC(=O)[C@H](CCC(=O)O)N(CCCc1ccccc1)C(=O)OCC1c2ccccc2-c2ccccc21. The predicted octanol–water partition coefficient (Wildman–Crippen LogP) is 4.59. The molecule has 4 rings (SSSR count). The molecule has 0 saturated carbocycles. The minimum Gasteiger partial charge on any atom is -0.481 e. The van der Waals surface area contributed by atoms with Crippen LogP contribution in [0.15, 0.2) is 78.9 Å². The van der Waals surface area contributed by atoms with Crippen LogP contribution in [0.25, 0.3) is 11.1 Å². The number of fused-ring (bicyclic) bond motifs is 3. The zero-order chi connectivity index (χ0) is 25.5. The third-order valence-corrected chi connectivity index (χ3v) is 6.61. The van der Waals surface area contributed by atoms with Gasteiger partial charge in [-0.25, -0.2) is 4.79 Å². The van der Waals surface area contributed by atoms with Gasteiger partial charge in [0.2, 0.25) is 5.91 Å². The van der Waals surface area contributed by atoms with Crippen molar-refractivity contribution in [3.63, 3.8) is 0 Å². The number of aryl methyl sites for hydroxylation is 1. The fraction of sp³-hybridized carbons (Fsp3) is 0.276. The van der Waals surface area contributed by atoms with Gasteiger partial charge in [0.1, 0.15) is 12.6 Å². The molecule has 1 aliphatic rings. The van der Waals surface area contributed by atoms with Crippen molar-refractivity contribution in [1.82, 2.24) is 4.90 Å². The lowest BCUT2D eigenvalue weighted by molar-refractivity contribution is -0.137. The second-order valence-electron chi connectivity index (χ2n) is 8.94. The molecule has 0 heterocycles. The molecule has 2 amide bonds. The number of ether oxygens (including phenoxy) is 1. The number of carboxylic acids is 1. The lowest BCUT2D eigenvalue weighted by Crippen LogP contribution is -2.49. The average molecular weight is 487 g/mol. The Labute approximate surface area is 210 Å². The highest BCUT2D eigenvalue weighted by Gasteiger charge is 2.33. The Bertz CT molecular complexity index is 1180. The van der Waals surface area contributed by atoms with Gasteiger partial charge in [-0.1, -0.05) is 78.9 Å². The van der Waals surface area contributed by atoms with E-state index >= 15 is 0 Å². The van der Waals surface area contributed by atoms with Gasteiger partial charge in [0.25, 0.3) is 0 Å². The number of carbonyl (C=O) groups excluding carboxylic acids is 2. The fourth-order valence-corrected chi connectivity index (χ4v) is 4.86. The standard InChI is InChI=1S/C29H30N2O5/c30-28(34)26(16-17-27(32)33)31(18-8-11-20-9-2-1-3-10-20)29(35)36-19-25-23-14-6-4-12-21(23)22-13-5-7-15-24(22)25/h1-7,9-10,12-15,25-26H,8,11,16-19H2,(H2,30,34)(H,32,33)/t26-/m0/s1. The van der Waals surface area contributed by atoms with Crippen LogP contribution in [0.3, 0.4) is 0 Å². The first-order chi connectivity index (χ1) is 17.5. The molecule has 36 heavy (non-hydrogen) atoms. The summed E-state index contributed by atoms with van der Waals surface area (Å²) in [4.78, 5) is 38.0. The minimum atomic E-state index is -1.06. The van der Waals surface area contributed by atoms with Gasteiger partial charge in [-0.2, -0.15) is 0 Å². The molecule has 1 atom stereocenters. The van der Waals surface area contributed by atoms with E-state index in [0.29, 0.717) is 12.8 Å². The highest BCUT2D eigenvalue weighted by molar-refractivity contribution is 5.85. The Balaban J connectivity index is 1.50. The molecule has 3 N–H and O–H groups in total. The molecular weight excluding hydrogens is 456 g/mol. The molecule has 0 bridgehead atoms. The number of primary amides is 1. The molecule has 0 fully saturated rings. The van der Waals surface area contributed by atoms with E-state index in [0.717, 1.165) is 27.8 Å². The summed E-state index contributed by atoms with van der Waals surface area (Å²) in [6, 6.07) is 24.8. The normalized spacial score (nSPS) is 12.9. The molecule has 0 radical (unpaired) electrons. The Morgan fingerprint density at radius 3 is 2.06 bits per heavy atom. The molecule has 3 aromatic carbocycles. The second kappa shape index (κ2) is 11.5. The van der Waals surface area contributed by atoms with E-state index in [4.69, 9.17) is 15.6 Å². The third-order valence-electron chi connectivity index (χ3n) is 6.61. The van der Waals surface area contributed by atoms with E-state index in [1.807, 2.05) is 66.7 Å². The maximum absolute atomic E-state index is 13.3. The molecule has 0 aromatic heterocycles. The number of amides is 2. The Hall–Kier alpha value is -4.13. The Morgan fingerprint density at radius 2 is 1.47 bits per heavy atom. The summed E-state index contributed by atoms with van der Waals surface area (Å²) in [7, 11) is 0. The number of carbonyl (C=O) groups is 3. The van der Waals surface area contributed by atoms with Crippen LogP contribution < -0.4 is 5.73 Å². The van der Waals surface area contributed by atoms with Gasteiger partial charge in [0.15, 0.2) is 0 Å². The van der Waals surface area contributed by atoms with Crippen LogP contribution in [-0.4, -0.2) is 47.2 Å². The van der Waals surface area contributed by atoms with Crippen LogP contribution in [-0.2, 0) is 20.7 Å². The minimum absolute atomic E-state index is 0.0692. The van der Waals surface area contributed by atoms with Crippen molar-refractivity contribution in [3.05, 3.63) is 95.6 Å². The van der Waals surface area contributed by atoms with Gasteiger partial charge in [0, 0.05) is 18.9 Å². The van der Waals surface area contributed by atoms with Crippen molar-refractivity contribution in [2.24, 2.45) is 5.73 Å². The molecule has 0 unspecified atom stereocenters. The quantitative estimate of drug-likeness (QED) is 0.412. The Morgan fingerprint density at radius 1 is 0.889 bits per heavy atom. The fourth-order valence-electron chi connectivity index (χ4n) is 4.86.